The lowest BCUT2D eigenvalue weighted by Crippen LogP contribution is -2.27. The highest BCUT2D eigenvalue weighted by molar-refractivity contribution is 7.20. The van der Waals surface area contributed by atoms with Gasteiger partial charge in [0.05, 0.1) is 24.6 Å². The van der Waals surface area contributed by atoms with Gasteiger partial charge in [0.25, 0.3) is 0 Å². The number of ether oxygens (including phenoxy) is 1. The van der Waals surface area contributed by atoms with Crippen LogP contribution in [0.1, 0.15) is 59.1 Å². The van der Waals surface area contributed by atoms with Crippen LogP contribution in [-0.2, 0) is 10.2 Å². The van der Waals surface area contributed by atoms with E-state index in [1.54, 1.807) is 11.3 Å². The molecule has 1 saturated carbocycles. The molecule has 23 heavy (non-hydrogen) atoms. The van der Waals surface area contributed by atoms with Gasteiger partial charge in [-0.25, -0.2) is 9.50 Å². The standard InChI is InChI=1S/C17H28N4OS/c1-12-7-5-6-8-13(12)22-10-9-18-15-20-21-11-14(17(2,3)4)19-16(21)23-15/h11-13H,5-10H2,1-4H3,(H,18,20). The zero-order chi connectivity index (χ0) is 16.4. The molecule has 6 heteroatoms. The molecular formula is C17H28N4OS. The molecule has 0 aromatic carbocycles. The Balaban J connectivity index is 1.49. The molecule has 1 N–H and O–H groups in total. The minimum absolute atomic E-state index is 0.0611. The smallest absolute Gasteiger partial charge is 0.214 e. The lowest BCUT2D eigenvalue weighted by Gasteiger charge is -2.28. The van der Waals surface area contributed by atoms with Crippen LogP contribution in [-0.4, -0.2) is 33.9 Å². The molecular weight excluding hydrogens is 308 g/mol. The predicted octanol–water partition coefficient (Wildman–Crippen LogP) is 4.10. The van der Waals surface area contributed by atoms with Gasteiger partial charge in [0.2, 0.25) is 10.1 Å². The number of aromatic nitrogens is 3. The number of nitrogens with zero attached hydrogens (tertiary/aromatic N) is 3. The summed E-state index contributed by atoms with van der Waals surface area (Å²) in [5.41, 5.74) is 1.14. The molecule has 2 heterocycles. The summed E-state index contributed by atoms with van der Waals surface area (Å²) in [4.78, 5) is 5.61. The van der Waals surface area contributed by atoms with Crippen LogP contribution in [0, 0.1) is 5.92 Å². The Morgan fingerprint density at radius 2 is 2.13 bits per heavy atom. The quantitative estimate of drug-likeness (QED) is 0.835. The van der Waals surface area contributed by atoms with Gasteiger partial charge in [-0.3, -0.25) is 0 Å². The molecule has 0 amide bonds. The summed E-state index contributed by atoms with van der Waals surface area (Å²) >= 11 is 1.59. The normalized spacial score (nSPS) is 22.6. The van der Waals surface area contributed by atoms with Gasteiger partial charge in [-0.2, -0.15) is 0 Å². The third-order valence-corrected chi connectivity index (χ3v) is 5.43. The van der Waals surface area contributed by atoms with Crippen molar-refractivity contribution in [2.75, 3.05) is 18.5 Å². The van der Waals surface area contributed by atoms with E-state index in [4.69, 9.17) is 4.74 Å². The van der Waals surface area contributed by atoms with Crippen molar-refractivity contribution in [3.63, 3.8) is 0 Å². The Morgan fingerprint density at radius 1 is 1.35 bits per heavy atom. The van der Waals surface area contributed by atoms with Crippen molar-refractivity contribution in [3.05, 3.63) is 11.9 Å². The van der Waals surface area contributed by atoms with E-state index < -0.39 is 0 Å². The van der Waals surface area contributed by atoms with Crippen molar-refractivity contribution in [3.8, 4) is 0 Å². The van der Waals surface area contributed by atoms with Gasteiger partial charge < -0.3 is 10.1 Å². The average molecular weight is 337 g/mol. The maximum Gasteiger partial charge on any atom is 0.214 e. The van der Waals surface area contributed by atoms with Crippen molar-refractivity contribution < 1.29 is 4.74 Å². The number of anilines is 1. The van der Waals surface area contributed by atoms with Crippen molar-refractivity contribution in [2.45, 2.75) is 64.9 Å². The third-order valence-electron chi connectivity index (χ3n) is 4.55. The van der Waals surface area contributed by atoms with E-state index in [1.807, 2.05) is 10.7 Å². The van der Waals surface area contributed by atoms with Crippen LogP contribution in [0.3, 0.4) is 0 Å². The Kier molecular flexibility index (Phi) is 4.92. The summed E-state index contributed by atoms with van der Waals surface area (Å²) in [5.74, 6) is 0.697. The fourth-order valence-corrected chi connectivity index (χ4v) is 3.84. The SMILES string of the molecule is CC1CCCCC1OCCNc1nn2cc(C(C)(C)C)nc2s1. The lowest BCUT2D eigenvalue weighted by atomic mass is 9.88. The highest BCUT2D eigenvalue weighted by atomic mass is 32.1. The zero-order valence-corrected chi connectivity index (χ0v) is 15.4. The van der Waals surface area contributed by atoms with Gasteiger partial charge in [0.1, 0.15) is 0 Å². The van der Waals surface area contributed by atoms with Crippen molar-refractivity contribution in [1.82, 2.24) is 14.6 Å². The number of hydrogen-bond donors (Lipinski definition) is 1. The van der Waals surface area contributed by atoms with E-state index in [-0.39, 0.29) is 5.41 Å². The van der Waals surface area contributed by atoms with Gasteiger partial charge in [-0.05, 0) is 18.8 Å². The number of fused-ring (bicyclic) bond motifs is 1. The van der Waals surface area contributed by atoms with E-state index in [0.29, 0.717) is 12.0 Å². The Labute approximate surface area is 142 Å². The summed E-state index contributed by atoms with van der Waals surface area (Å²) in [5, 5.41) is 8.82. The van der Waals surface area contributed by atoms with Crippen molar-refractivity contribution >= 4 is 21.4 Å². The van der Waals surface area contributed by atoms with Gasteiger partial charge in [-0.15, -0.1) is 5.10 Å². The first kappa shape index (κ1) is 16.7. The van der Waals surface area contributed by atoms with Gasteiger partial charge >= 0.3 is 0 Å². The number of imidazole rings is 1. The molecule has 2 aromatic heterocycles. The second-order valence-electron chi connectivity index (χ2n) is 7.61. The molecule has 0 radical (unpaired) electrons. The first-order valence-electron chi connectivity index (χ1n) is 8.65. The minimum atomic E-state index is 0.0611. The maximum atomic E-state index is 6.03. The second-order valence-corrected chi connectivity index (χ2v) is 8.56. The van der Waals surface area contributed by atoms with Crippen LogP contribution in [0.25, 0.3) is 4.96 Å². The Morgan fingerprint density at radius 3 is 2.83 bits per heavy atom. The number of nitrogens with one attached hydrogen (secondary N) is 1. The van der Waals surface area contributed by atoms with Crippen LogP contribution in [0.5, 0.6) is 0 Å². The molecule has 5 nitrogen and oxygen atoms in total. The highest BCUT2D eigenvalue weighted by Gasteiger charge is 2.22. The number of hydrogen-bond acceptors (Lipinski definition) is 5. The summed E-state index contributed by atoms with van der Waals surface area (Å²) in [6.07, 6.45) is 7.64. The van der Waals surface area contributed by atoms with E-state index >= 15 is 0 Å². The fourth-order valence-electron chi connectivity index (χ4n) is 3.03. The molecule has 128 valence electrons. The largest absolute Gasteiger partial charge is 0.376 e. The average Bonchev–Trinajstić information content (AvgIpc) is 3.03. The maximum absolute atomic E-state index is 6.03. The van der Waals surface area contributed by atoms with Crippen LogP contribution in [0.15, 0.2) is 6.20 Å². The molecule has 1 fully saturated rings. The molecule has 3 rings (SSSR count). The lowest BCUT2D eigenvalue weighted by molar-refractivity contribution is 0.000388. The summed E-state index contributed by atoms with van der Waals surface area (Å²) in [6.45, 7) is 10.3. The molecule has 0 spiro atoms. The monoisotopic (exact) mass is 336 g/mol. The Hall–Kier alpha value is -1.14. The first-order valence-corrected chi connectivity index (χ1v) is 9.47. The molecule has 1 aliphatic rings. The van der Waals surface area contributed by atoms with Crippen molar-refractivity contribution in [2.24, 2.45) is 5.92 Å². The molecule has 2 unspecified atom stereocenters. The first-order chi connectivity index (χ1) is 10.9. The van der Waals surface area contributed by atoms with Crippen LogP contribution in [0.2, 0.25) is 0 Å². The highest BCUT2D eigenvalue weighted by Crippen LogP contribution is 2.27. The van der Waals surface area contributed by atoms with Gasteiger partial charge in [-0.1, -0.05) is 51.9 Å². The topological polar surface area (TPSA) is 51.5 Å². The van der Waals surface area contributed by atoms with Crippen LogP contribution < -0.4 is 5.32 Å². The van der Waals surface area contributed by atoms with Crippen LogP contribution >= 0.6 is 11.3 Å². The molecule has 0 bridgehead atoms. The van der Waals surface area contributed by atoms with Gasteiger partial charge in [0, 0.05) is 12.0 Å². The number of rotatable bonds is 5. The molecule has 2 aromatic rings. The molecule has 2 atom stereocenters. The Bertz CT molecular complexity index is 611. The summed E-state index contributed by atoms with van der Waals surface area (Å²) in [6, 6.07) is 0. The van der Waals surface area contributed by atoms with Gasteiger partial charge in [0.15, 0.2) is 0 Å². The minimum Gasteiger partial charge on any atom is -0.376 e. The van der Waals surface area contributed by atoms with E-state index in [1.165, 1.54) is 25.7 Å². The zero-order valence-electron chi connectivity index (χ0n) is 14.6. The van der Waals surface area contributed by atoms with Crippen LogP contribution in [0.4, 0.5) is 5.13 Å². The van der Waals surface area contributed by atoms with E-state index in [2.05, 4.69) is 43.1 Å². The second kappa shape index (κ2) is 6.77. The predicted molar refractivity (Wildman–Crippen MR) is 95.4 cm³/mol. The third kappa shape index (κ3) is 4.04. The van der Waals surface area contributed by atoms with E-state index in [0.717, 1.165) is 28.9 Å². The molecule has 0 aliphatic heterocycles. The van der Waals surface area contributed by atoms with Crippen molar-refractivity contribution in [1.29, 1.82) is 0 Å². The van der Waals surface area contributed by atoms with E-state index in [9.17, 15) is 0 Å². The summed E-state index contributed by atoms with van der Waals surface area (Å²) < 4.78 is 7.90. The molecule has 1 aliphatic carbocycles. The fraction of sp³-hybridized carbons (Fsp3) is 0.765. The molecule has 0 saturated heterocycles. The summed E-state index contributed by atoms with van der Waals surface area (Å²) in [7, 11) is 0.